The van der Waals surface area contributed by atoms with Crippen molar-refractivity contribution in [2.24, 2.45) is 0 Å². The first-order chi connectivity index (χ1) is 12.8. The molecule has 1 amide bonds. The van der Waals surface area contributed by atoms with E-state index in [2.05, 4.69) is 5.32 Å². The number of esters is 1. The Balaban J connectivity index is 2.01. The summed E-state index contributed by atoms with van der Waals surface area (Å²) < 4.78 is 28.0. The average molecular weight is 378 g/mol. The van der Waals surface area contributed by atoms with E-state index in [1.807, 2.05) is 0 Å². The topological polar surface area (TPSA) is 117 Å². The molecule has 0 aliphatic heterocycles. The number of nitro groups is 1. The molecule has 2 aromatic rings. The standard InChI is InChI=1S/C17H15FN2O7/c1-25-11-4-5-13(14(8-11)20(23)24)19-16(21)9-27-17(22)10-3-6-15(26-2)12(18)7-10/h3-8H,9H2,1-2H3,(H,19,21). The molecule has 0 atom stereocenters. The first-order valence-electron chi connectivity index (χ1n) is 7.48. The van der Waals surface area contributed by atoms with Crippen molar-refractivity contribution in [3.8, 4) is 11.5 Å². The number of nitrogens with zero attached hydrogens (tertiary/aromatic N) is 1. The van der Waals surface area contributed by atoms with E-state index in [0.717, 1.165) is 12.1 Å². The number of halogens is 1. The van der Waals surface area contributed by atoms with Crippen LogP contribution in [0.3, 0.4) is 0 Å². The highest BCUT2D eigenvalue weighted by Gasteiger charge is 2.18. The second-order valence-corrected chi connectivity index (χ2v) is 5.11. The summed E-state index contributed by atoms with van der Waals surface area (Å²) in [5.41, 5.74) is -0.583. The zero-order valence-electron chi connectivity index (χ0n) is 14.4. The minimum atomic E-state index is -0.934. The summed E-state index contributed by atoms with van der Waals surface area (Å²) in [6.07, 6.45) is 0. The van der Waals surface area contributed by atoms with Gasteiger partial charge in [0.25, 0.3) is 11.6 Å². The van der Waals surface area contributed by atoms with Crippen LogP contribution in [-0.4, -0.2) is 37.6 Å². The Morgan fingerprint density at radius 2 is 1.89 bits per heavy atom. The van der Waals surface area contributed by atoms with Crippen LogP contribution in [0.1, 0.15) is 10.4 Å². The van der Waals surface area contributed by atoms with Crippen LogP contribution in [0.25, 0.3) is 0 Å². The van der Waals surface area contributed by atoms with Crippen molar-refractivity contribution in [3.05, 3.63) is 57.9 Å². The van der Waals surface area contributed by atoms with Crippen LogP contribution in [0.2, 0.25) is 0 Å². The molecular formula is C17H15FN2O7. The number of ether oxygens (including phenoxy) is 3. The fourth-order valence-electron chi connectivity index (χ4n) is 2.09. The number of hydrogen-bond acceptors (Lipinski definition) is 7. The molecule has 0 aliphatic rings. The second-order valence-electron chi connectivity index (χ2n) is 5.11. The molecule has 27 heavy (non-hydrogen) atoms. The van der Waals surface area contributed by atoms with E-state index in [0.29, 0.717) is 0 Å². The monoisotopic (exact) mass is 378 g/mol. The van der Waals surface area contributed by atoms with Crippen molar-refractivity contribution < 1.29 is 33.1 Å². The number of carbonyl (C=O) groups is 2. The normalized spacial score (nSPS) is 10.0. The number of amides is 1. The van der Waals surface area contributed by atoms with Gasteiger partial charge in [-0.05, 0) is 30.3 Å². The quantitative estimate of drug-likeness (QED) is 0.447. The summed E-state index contributed by atoms with van der Waals surface area (Å²) in [4.78, 5) is 34.2. The molecule has 0 saturated carbocycles. The van der Waals surface area contributed by atoms with Crippen molar-refractivity contribution >= 4 is 23.3 Å². The third-order valence-corrected chi connectivity index (χ3v) is 3.40. The fraction of sp³-hybridized carbons (Fsp3) is 0.176. The molecular weight excluding hydrogens is 363 g/mol. The van der Waals surface area contributed by atoms with Gasteiger partial charge in [0.15, 0.2) is 18.2 Å². The van der Waals surface area contributed by atoms with Gasteiger partial charge in [0.05, 0.1) is 30.8 Å². The lowest BCUT2D eigenvalue weighted by Crippen LogP contribution is -2.21. The lowest BCUT2D eigenvalue weighted by Gasteiger charge is -2.09. The maximum absolute atomic E-state index is 13.6. The Kier molecular flexibility index (Phi) is 6.26. The predicted octanol–water partition coefficient (Wildman–Crippen LogP) is 2.55. The van der Waals surface area contributed by atoms with Crippen molar-refractivity contribution in [2.45, 2.75) is 0 Å². The number of anilines is 1. The van der Waals surface area contributed by atoms with Crippen molar-refractivity contribution in [1.29, 1.82) is 0 Å². The van der Waals surface area contributed by atoms with Crippen LogP contribution in [0.5, 0.6) is 11.5 Å². The molecule has 0 saturated heterocycles. The summed E-state index contributed by atoms with van der Waals surface area (Å²) in [7, 11) is 2.62. The van der Waals surface area contributed by atoms with E-state index >= 15 is 0 Å². The van der Waals surface area contributed by atoms with Gasteiger partial charge >= 0.3 is 5.97 Å². The van der Waals surface area contributed by atoms with Gasteiger partial charge in [0.1, 0.15) is 11.4 Å². The lowest BCUT2D eigenvalue weighted by atomic mass is 10.2. The van der Waals surface area contributed by atoms with Gasteiger partial charge < -0.3 is 19.5 Å². The number of hydrogen-bond donors (Lipinski definition) is 1. The van der Waals surface area contributed by atoms with Gasteiger partial charge in [-0.2, -0.15) is 0 Å². The van der Waals surface area contributed by atoms with Crippen LogP contribution < -0.4 is 14.8 Å². The summed E-state index contributed by atoms with van der Waals surface area (Å²) >= 11 is 0. The average Bonchev–Trinajstić information content (AvgIpc) is 2.66. The Labute approximate surface area is 152 Å². The number of carbonyl (C=O) groups excluding carboxylic acids is 2. The summed E-state index contributed by atoms with van der Waals surface area (Å²) in [6, 6.07) is 7.28. The molecule has 0 heterocycles. The molecule has 0 fully saturated rings. The molecule has 0 bridgehead atoms. The largest absolute Gasteiger partial charge is 0.496 e. The van der Waals surface area contributed by atoms with E-state index in [4.69, 9.17) is 14.2 Å². The lowest BCUT2D eigenvalue weighted by molar-refractivity contribution is -0.384. The minimum Gasteiger partial charge on any atom is -0.496 e. The van der Waals surface area contributed by atoms with Gasteiger partial charge in [-0.3, -0.25) is 14.9 Å². The predicted molar refractivity (Wildman–Crippen MR) is 91.5 cm³/mol. The van der Waals surface area contributed by atoms with Crippen molar-refractivity contribution in [3.63, 3.8) is 0 Å². The number of nitrogens with one attached hydrogen (secondary N) is 1. The summed E-state index contributed by atoms with van der Waals surface area (Å²) in [5.74, 6) is -2.30. The fourth-order valence-corrected chi connectivity index (χ4v) is 2.09. The van der Waals surface area contributed by atoms with Gasteiger partial charge in [-0.25, -0.2) is 9.18 Å². The molecule has 0 spiro atoms. The molecule has 2 aromatic carbocycles. The summed E-state index contributed by atoms with van der Waals surface area (Å²) in [6.45, 7) is -0.713. The number of benzene rings is 2. The van der Waals surface area contributed by atoms with Gasteiger partial charge in [-0.1, -0.05) is 0 Å². The maximum atomic E-state index is 13.6. The highest BCUT2D eigenvalue weighted by Crippen LogP contribution is 2.28. The highest BCUT2D eigenvalue weighted by molar-refractivity contribution is 5.97. The Morgan fingerprint density at radius 3 is 2.48 bits per heavy atom. The Morgan fingerprint density at radius 1 is 1.15 bits per heavy atom. The van der Waals surface area contributed by atoms with Crippen LogP contribution in [-0.2, 0) is 9.53 Å². The van der Waals surface area contributed by atoms with Crippen LogP contribution in [0.4, 0.5) is 15.8 Å². The van der Waals surface area contributed by atoms with Crippen molar-refractivity contribution in [2.75, 3.05) is 26.1 Å². The van der Waals surface area contributed by atoms with Gasteiger partial charge in [-0.15, -0.1) is 0 Å². The molecule has 1 N–H and O–H groups in total. The van der Waals surface area contributed by atoms with Crippen molar-refractivity contribution in [1.82, 2.24) is 0 Å². The molecule has 2 rings (SSSR count). The number of nitro benzene ring substituents is 1. The first kappa shape index (κ1) is 19.6. The van der Waals surface area contributed by atoms with Crippen LogP contribution in [0.15, 0.2) is 36.4 Å². The smallest absolute Gasteiger partial charge is 0.338 e. The van der Waals surface area contributed by atoms with E-state index in [9.17, 15) is 24.1 Å². The van der Waals surface area contributed by atoms with Gasteiger partial charge in [0.2, 0.25) is 0 Å². The third kappa shape index (κ3) is 4.91. The van der Waals surface area contributed by atoms with E-state index in [-0.39, 0.29) is 28.4 Å². The zero-order valence-corrected chi connectivity index (χ0v) is 14.4. The molecule has 142 valence electrons. The third-order valence-electron chi connectivity index (χ3n) is 3.40. The maximum Gasteiger partial charge on any atom is 0.338 e. The van der Waals surface area contributed by atoms with Crippen LogP contribution in [0, 0.1) is 15.9 Å². The molecule has 9 nitrogen and oxygen atoms in total. The van der Waals surface area contributed by atoms with E-state index in [1.54, 1.807) is 0 Å². The SMILES string of the molecule is COc1ccc(NC(=O)COC(=O)c2ccc(OC)c(F)c2)c([N+](=O)[O-])c1. The molecule has 10 heteroatoms. The number of rotatable bonds is 7. The molecule has 0 radical (unpaired) electrons. The van der Waals surface area contributed by atoms with Gasteiger partial charge in [0, 0.05) is 0 Å². The Hall–Kier alpha value is -3.69. The zero-order chi connectivity index (χ0) is 20.0. The van der Waals surface area contributed by atoms with E-state index < -0.39 is 29.2 Å². The highest BCUT2D eigenvalue weighted by atomic mass is 19.1. The molecule has 0 aliphatic carbocycles. The first-order valence-corrected chi connectivity index (χ1v) is 7.48. The van der Waals surface area contributed by atoms with E-state index in [1.165, 1.54) is 38.5 Å². The molecule has 0 unspecified atom stereocenters. The van der Waals surface area contributed by atoms with Crippen LogP contribution >= 0.6 is 0 Å². The number of methoxy groups -OCH3 is 2. The minimum absolute atomic E-state index is 0.0453. The Bertz CT molecular complexity index is 886. The summed E-state index contributed by atoms with van der Waals surface area (Å²) in [5, 5.41) is 13.3. The second kappa shape index (κ2) is 8.61. The molecule has 0 aromatic heterocycles.